The fourth-order valence-electron chi connectivity index (χ4n) is 2.97. The van der Waals surface area contributed by atoms with Gasteiger partial charge in [-0.05, 0) is 49.4 Å². The van der Waals surface area contributed by atoms with E-state index in [2.05, 4.69) is 12.2 Å². The van der Waals surface area contributed by atoms with Crippen LogP contribution in [0.4, 0.5) is 5.69 Å². The fourth-order valence-corrected chi connectivity index (χ4v) is 2.97. The summed E-state index contributed by atoms with van der Waals surface area (Å²) in [6.45, 7) is 5.82. The van der Waals surface area contributed by atoms with Crippen molar-refractivity contribution in [2.75, 3.05) is 32.1 Å². The average molecular weight is 370 g/mol. The number of hydrogen-bond donors (Lipinski definition) is 2. The molecule has 7 heteroatoms. The van der Waals surface area contributed by atoms with Crippen molar-refractivity contribution in [2.24, 2.45) is 11.7 Å². The Morgan fingerprint density at radius 1 is 1.44 bits per heavy atom. The van der Waals surface area contributed by atoms with E-state index in [0.717, 1.165) is 25.1 Å². The predicted molar refractivity (Wildman–Crippen MR) is 101 cm³/mol. The first kappa shape index (κ1) is 21.4. The van der Waals surface area contributed by atoms with E-state index in [4.69, 9.17) is 10.5 Å². The van der Waals surface area contributed by atoms with Crippen LogP contribution in [-0.2, 0) is 9.53 Å². The average Bonchev–Trinajstić information content (AvgIpc) is 2.56. The number of ether oxygens (including phenoxy) is 1. The van der Waals surface area contributed by atoms with Crippen molar-refractivity contribution in [1.29, 1.82) is 0 Å². The van der Waals surface area contributed by atoms with Gasteiger partial charge in [0.25, 0.3) is 5.91 Å². The number of likely N-dealkylation sites (tertiary alicyclic amines) is 1. The third kappa shape index (κ3) is 5.70. The lowest BCUT2D eigenvalue weighted by Gasteiger charge is -2.31. The highest BCUT2D eigenvalue weighted by Crippen LogP contribution is 2.21. The monoisotopic (exact) mass is 369 g/mol. The fraction of sp³-hybridized carbons (Fsp3) is 0.556. The van der Waals surface area contributed by atoms with Crippen molar-refractivity contribution < 1.29 is 14.3 Å². The number of carbonyl (C=O) groups excluding carboxylic acids is 2. The Balaban J connectivity index is 0.00000312. The van der Waals surface area contributed by atoms with Gasteiger partial charge in [-0.2, -0.15) is 0 Å². The van der Waals surface area contributed by atoms with Crippen LogP contribution in [0.3, 0.4) is 0 Å². The van der Waals surface area contributed by atoms with Crippen LogP contribution in [0.25, 0.3) is 0 Å². The highest BCUT2D eigenvalue weighted by Gasteiger charge is 2.22. The molecule has 1 aromatic rings. The van der Waals surface area contributed by atoms with Gasteiger partial charge in [-0.15, -0.1) is 12.4 Å². The van der Waals surface area contributed by atoms with Gasteiger partial charge in [0.15, 0.2) is 0 Å². The molecule has 0 saturated carbocycles. The Hall–Kier alpha value is -1.63. The van der Waals surface area contributed by atoms with Crippen LogP contribution in [-0.4, -0.2) is 49.6 Å². The molecule has 0 radical (unpaired) electrons. The number of rotatable bonds is 5. The lowest BCUT2D eigenvalue weighted by Crippen LogP contribution is -2.39. The van der Waals surface area contributed by atoms with Crippen LogP contribution >= 0.6 is 12.4 Å². The van der Waals surface area contributed by atoms with E-state index in [9.17, 15) is 9.59 Å². The third-order valence-electron chi connectivity index (χ3n) is 4.36. The molecule has 6 nitrogen and oxygen atoms in total. The van der Waals surface area contributed by atoms with Crippen molar-refractivity contribution in [1.82, 2.24) is 4.90 Å². The van der Waals surface area contributed by atoms with E-state index in [-0.39, 0.29) is 30.8 Å². The lowest BCUT2D eigenvalue weighted by molar-refractivity contribution is -0.118. The maximum absolute atomic E-state index is 12.6. The summed E-state index contributed by atoms with van der Waals surface area (Å²) in [5.74, 6) is 0.298. The van der Waals surface area contributed by atoms with Gasteiger partial charge in [0.1, 0.15) is 6.04 Å². The van der Waals surface area contributed by atoms with E-state index in [1.54, 1.807) is 12.1 Å². The van der Waals surface area contributed by atoms with Gasteiger partial charge in [0.05, 0.1) is 6.61 Å². The highest BCUT2D eigenvalue weighted by atomic mass is 35.5. The van der Waals surface area contributed by atoms with Crippen molar-refractivity contribution in [3.05, 3.63) is 29.3 Å². The number of piperidine rings is 1. The Labute approximate surface area is 155 Å². The molecular formula is C18H28ClN3O3. The van der Waals surface area contributed by atoms with Crippen molar-refractivity contribution in [3.8, 4) is 0 Å². The minimum atomic E-state index is -0.717. The van der Waals surface area contributed by atoms with E-state index < -0.39 is 6.04 Å². The summed E-state index contributed by atoms with van der Waals surface area (Å²) in [5, 5.41) is 2.78. The molecule has 0 aromatic heterocycles. The van der Waals surface area contributed by atoms with Gasteiger partial charge in [0, 0.05) is 31.5 Å². The summed E-state index contributed by atoms with van der Waals surface area (Å²) in [6.07, 6.45) is 2.23. The van der Waals surface area contributed by atoms with Crippen LogP contribution in [0.15, 0.2) is 18.2 Å². The molecule has 0 aliphatic carbocycles. The first-order valence-corrected chi connectivity index (χ1v) is 8.37. The molecule has 2 amide bonds. The molecule has 0 spiro atoms. The molecule has 140 valence electrons. The summed E-state index contributed by atoms with van der Waals surface area (Å²) in [4.78, 5) is 26.5. The minimum Gasteiger partial charge on any atom is -0.383 e. The molecule has 1 aromatic carbocycles. The Morgan fingerprint density at radius 2 is 2.16 bits per heavy atom. The Morgan fingerprint density at radius 3 is 2.76 bits per heavy atom. The summed E-state index contributed by atoms with van der Waals surface area (Å²) in [6, 6.07) is 4.61. The van der Waals surface area contributed by atoms with E-state index >= 15 is 0 Å². The van der Waals surface area contributed by atoms with Gasteiger partial charge >= 0.3 is 0 Å². The van der Waals surface area contributed by atoms with Crippen molar-refractivity contribution in [3.63, 3.8) is 0 Å². The second-order valence-corrected chi connectivity index (χ2v) is 6.58. The normalized spacial score (nSPS) is 18.2. The number of halogens is 1. The smallest absolute Gasteiger partial charge is 0.253 e. The number of nitrogens with one attached hydrogen (secondary N) is 1. The van der Waals surface area contributed by atoms with Gasteiger partial charge in [-0.3, -0.25) is 9.59 Å². The maximum atomic E-state index is 12.6. The van der Waals surface area contributed by atoms with Crippen LogP contribution in [0.5, 0.6) is 0 Å². The maximum Gasteiger partial charge on any atom is 0.253 e. The molecule has 1 heterocycles. The molecule has 1 aliphatic rings. The van der Waals surface area contributed by atoms with Crippen molar-refractivity contribution in [2.45, 2.75) is 32.7 Å². The summed E-state index contributed by atoms with van der Waals surface area (Å²) in [7, 11) is 1.50. The molecule has 0 bridgehead atoms. The summed E-state index contributed by atoms with van der Waals surface area (Å²) >= 11 is 0. The van der Waals surface area contributed by atoms with Crippen molar-refractivity contribution >= 4 is 29.9 Å². The molecule has 2 rings (SSSR count). The SMILES string of the molecule is COCC(N)C(=O)Nc1ccc(C(=O)N2CCCC(C)C2)cc1C.Cl. The van der Waals surface area contributed by atoms with E-state index in [1.807, 2.05) is 17.9 Å². The first-order valence-electron chi connectivity index (χ1n) is 8.37. The van der Waals surface area contributed by atoms with Crippen LogP contribution in [0.1, 0.15) is 35.7 Å². The number of hydrogen-bond acceptors (Lipinski definition) is 4. The first-order chi connectivity index (χ1) is 11.4. The lowest BCUT2D eigenvalue weighted by atomic mass is 9.99. The molecule has 3 N–H and O–H groups in total. The minimum absolute atomic E-state index is 0. The van der Waals surface area contributed by atoms with Crippen LogP contribution in [0.2, 0.25) is 0 Å². The quantitative estimate of drug-likeness (QED) is 0.833. The number of aryl methyl sites for hydroxylation is 1. The zero-order valence-electron chi connectivity index (χ0n) is 15.1. The van der Waals surface area contributed by atoms with Crippen LogP contribution < -0.4 is 11.1 Å². The molecule has 1 fully saturated rings. The second-order valence-electron chi connectivity index (χ2n) is 6.58. The highest BCUT2D eigenvalue weighted by molar-refractivity contribution is 5.98. The predicted octanol–water partition coefficient (Wildman–Crippen LogP) is 2.20. The van der Waals surface area contributed by atoms with Gasteiger partial charge in [0.2, 0.25) is 5.91 Å². The number of anilines is 1. The number of methoxy groups -OCH3 is 1. The molecule has 25 heavy (non-hydrogen) atoms. The van der Waals surface area contributed by atoms with E-state index in [1.165, 1.54) is 13.5 Å². The Kier molecular flexibility index (Phi) is 8.35. The number of nitrogens with two attached hydrogens (primary N) is 1. The molecule has 2 atom stereocenters. The summed E-state index contributed by atoms with van der Waals surface area (Å²) in [5.41, 5.74) is 7.87. The largest absolute Gasteiger partial charge is 0.383 e. The third-order valence-corrected chi connectivity index (χ3v) is 4.36. The zero-order chi connectivity index (χ0) is 17.7. The Bertz CT molecular complexity index is 609. The number of nitrogens with zero attached hydrogens (tertiary/aromatic N) is 1. The number of amides is 2. The zero-order valence-corrected chi connectivity index (χ0v) is 15.9. The standard InChI is InChI=1S/C18H27N3O3.ClH/c1-12-5-4-8-21(10-12)18(23)14-6-7-16(13(2)9-14)20-17(22)15(19)11-24-3;/h6-7,9,12,15H,4-5,8,10-11,19H2,1-3H3,(H,20,22);1H. The molecule has 2 unspecified atom stereocenters. The molecule has 1 aliphatic heterocycles. The number of carbonyl (C=O) groups is 2. The summed E-state index contributed by atoms with van der Waals surface area (Å²) < 4.78 is 4.88. The molecule has 1 saturated heterocycles. The number of benzene rings is 1. The van der Waals surface area contributed by atoms with Crippen LogP contribution in [0, 0.1) is 12.8 Å². The van der Waals surface area contributed by atoms with Gasteiger partial charge < -0.3 is 20.7 Å². The van der Waals surface area contributed by atoms with Gasteiger partial charge in [-0.1, -0.05) is 6.92 Å². The topological polar surface area (TPSA) is 84.7 Å². The molecular weight excluding hydrogens is 342 g/mol. The van der Waals surface area contributed by atoms with E-state index in [0.29, 0.717) is 17.2 Å². The van der Waals surface area contributed by atoms with Gasteiger partial charge in [-0.25, -0.2) is 0 Å². The second kappa shape index (κ2) is 9.75.